The van der Waals surface area contributed by atoms with Gasteiger partial charge in [0.2, 0.25) is 0 Å². The van der Waals surface area contributed by atoms with Crippen molar-refractivity contribution in [1.82, 2.24) is 0 Å². The van der Waals surface area contributed by atoms with E-state index in [0.717, 1.165) is 17.2 Å². The average molecular weight is 392 g/mol. The van der Waals surface area contributed by atoms with Crippen LogP contribution in [0.15, 0.2) is 48.5 Å². The van der Waals surface area contributed by atoms with Crippen molar-refractivity contribution in [2.45, 2.75) is 20.0 Å². The maximum Gasteiger partial charge on any atom is 0.159 e. The van der Waals surface area contributed by atoms with Crippen LogP contribution in [0.3, 0.4) is 0 Å². The number of hydrogen-bond donors (Lipinski definition) is 0. The second kappa shape index (κ2) is 15.5. The van der Waals surface area contributed by atoms with Gasteiger partial charge in [-0.25, -0.2) is 0 Å². The first-order valence-electron chi connectivity index (χ1n) is 8.76. The summed E-state index contributed by atoms with van der Waals surface area (Å²) in [5, 5.41) is 0. The summed E-state index contributed by atoms with van der Waals surface area (Å²) in [4.78, 5) is 10.8. The summed E-state index contributed by atoms with van der Waals surface area (Å²) in [6.45, 7) is 4.18. The molecular formula is C22H32O6. The molecule has 2 rings (SSSR count). The largest absolute Gasteiger partial charge is 0.497 e. The van der Waals surface area contributed by atoms with Crippen LogP contribution >= 0.6 is 0 Å². The molecule has 1 atom stereocenters. The SMILES string of the molecule is COCC(C)OC.COc1ccc(C(C)=O)cc1.COc1ccc(OC)cc1. The molecule has 0 aliphatic rings. The third kappa shape index (κ3) is 11.2. The number of methoxy groups -OCH3 is 5. The Morgan fingerprint density at radius 1 is 0.750 bits per heavy atom. The minimum atomic E-state index is 0.0765. The summed E-state index contributed by atoms with van der Waals surface area (Å²) >= 11 is 0. The lowest BCUT2D eigenvalue weighted by molar-refractivity contribution is 0.0401. The van der Waals surface area contributed by atoms with E-state index in [1.807, 2.05) is 31.2 Å². The Labute approximate surface area is 168 Å². The maximum atomic E-state index is 10.8. The summed E-state index contributed by atoms with van der Waals surface area (Å²) in [7, 11) is 8.21. The summed E-state index contributed by atoms with van der Waals surface area (Å²) in [6, 6.07) is 14.5. The molecule has 0 fully saturated rings. The zero-order valence-corrected chi connectivity index (χ0v) is 17.9. The zero-order valence-electron chi connectivity index (χ0n) is 17.9. The Bertz CT molecular complexity index is 614. The van der Waals surface area contributed by atoms with Gasteiger partial charge in [-0.3, -0.25) is 4.79 Å². The highest BCUT2D eigenvalue weighted by Crippen LogP contribution is 2.15. The molecule has 0 spiro atoms. The van der Waals surface area contributed by atoms with Gasteiger partial charge in [-0.1, -0.05) is 0 Å². The van der Waals surface area contributed by atoms with Crippen LogP contribution in [0, 0.1) is 0 Å². The predicted molar refractivity (Wildman–Crippen MR) is 111 cm³/mol. The third-order valence-electron chi connectivity index (χ3n) is 3.60. The summed E-state index contributed by atoms with van der Waals surface area (Å²) in [5.74, 6) is 2.55. The van der Waals surface area contributed by atoms with Crippen molar-refractivity contribution in [2.75, 3.05) is 42.2 Å². The molecule has 2 aromatic carbocycles. The lowest BCUT2D eigenvalue weighted by atomic mass is 10.1. The fourth-order valence-corrected chi connectivity index (χ4v) is 1.84. The first-order chi connectivity index (χ1) is 13.4. The van der Waals surface area contributed by atoms with Crippen LogP contribution in [0.25, 0.3) is 0 Å². The number of ether oxygens (including phenoxy) is 5. The van der Waals surface area contributed by atoms with Crippen molar-refractivity contribution in [1.29, 1.82) is 0 Å². The summed E-state index contributed by atoms with van der Waals surface area (Å²) < 4.78 is 24.5. The molecule has 28 heavy (non-hydrogen) atoms. The first kappa shape index (κ1) is 25.4. The van der Waals surface area contributed by atoms with E-state index in [4.69, 9.17) is 23.7 Å². The first-order valence-corrected chi connectivity index (χ1v) is 8.76. The molecule has 0 heterocycles. The molecule has 0 aliphatic carbocycles. The molecule has 0 saturated carbocycles. The van der Waals surface area contributed by atoms with Crippen molar-refractivity contribution in [3.05, 3.63) is 54.1 Å². The molecule has 0 radical (unpaired) electrons. The Morgan fingerprint density at radius 3 is 1.32 bits per heavy atom. The molecule has 1 unspecified atom stereocenters. The van der Waals surface area contributed by atoms with Crippen LogP contribution in [0.1, 0.15) is 24.2 Å². The number of carbonyl (C=O) groups is 1. The van der Waals surface area contributed by atoms with Gasteiger partial charge in [-0.2, -0.15) is 0 Å². The molecule has 0 N–H and O–H groups in total. The van der Waals surface area contributed by atoms with E-state index in [1.165, 1.54) is 0 Å². The van der Waals surface area contributed by atoms with Crippen molar-refractivity contribution in [3.63, 3.8) is 0 Å². The second-order valence-corrected chi connectivity index (χ2v) is 5.67. The molecule has 6 nitrogen and oxygen atoms in total. The van der Waals surface area contributed by atoms with E-state index >= 15 is 0 Å². The second-order valence-electron chi connectivity index (χ2n) is 5.67. The molecule has 0 aliphatic heterocycles. The predicted octanol–water partition coefficient (Wildman–Crippen LogP) is 4.27. The fourth-order valence-electron chi connectivity index (χ4n) is 1.84. The van der Waals surface area contributed by atoms with Gasteiger partial charge >= 0.3 is 0 Å². The maximum absolute atomic E-state index is 10.8. The Morgan fingerprint density at radius 2 is 1.11 bits per heavy atom. The van der Waals surface area contributed by atoms with Gasteiger partial charge in [-0.15, -0.1) is 0 Å². The normalized spacial score (nSPS) is 10.4. The minimum absolute atomic E-state index is 0.0765. The zero-order chi connectivity index (χ0) is 21.4. The number of carbonyl (C=O) groups excluding carboxylic acids is 1. The fraction of sp³-hybridized carbons (Fsp3) is 0.409. The van der Waals surface area contributed by atoms with Crippen LogP contribution in [0.5, 0.6) is 17.2 Å². The number of benzene rings is 2. The van der Waals surface area contributed by atoms with Crippen molar-refractivity contribution in [3.8, 4) is 17.2 Å². The van der Waals surface area contributed by atoms with E-state index < -0.39 is 0 Å². The molecule has 0 aromatic heterocycles. The smallest absolute Gasteiger partial charge is 0.159 e. The molecular weight excluding hydrogens is 360 g/mol. The highest BCUT2D eigenvalue weighted by atomic mass is 16.5. The molecule has 0 amide bonds. The number of rotatable bonds is 7. The molecule has 6 heteroatoms. The number of ketones is 1. The van der Waals surface area contributed by atoms with Gasteiger partial charge < -0.3 is 23.7 Å². The number of Topliss-reactive ketones (excluding diaryl/α,β-unsaturated/α-hetero) is 1. The van der Waals surface area contributed by atoms with Gasteiger partial charge in [0.15, 0.2) is 5.78 Å². The lowest BCUT2D eigenvalue weighted by Gasteiger charge is -2.05. The van der Waals surface area contributed by atoms with Gasteiger partial charge in [-0.05, 0) is 62.4 Å². The van der Waals surface area contributed by atoms with Crippen LogP contribution in [-0.4, -0.2) is 54.0 Å². The van der Waals surface area contributed by atoms with Gasteiger partial charge in [0, 0.05) is 19.8 Å². The standard InChI is InChI=1S/C9H10O2.C8H10O2.C5H12O2/c1-7(10)8-3-5-9(11-2)6-4-8;1-9-7-3-5-8(10-2)6-4-7;1-5(7-3)4-6-2/h3-6H,1-2H3;3-6H,1-2H3;5H,4H2,1-3H3. The van der Waals surface area contributed by atoms with Crippen LogP contribution in [0.2, 0.25) is 0 Å². The highest BCUT2D eigenvalue weighted by Gasteiger charge is 1.97. The Balaban J connectivity index is 0.000000402. The van der Waals surface area contributed by atoms with Crippen molar-refractivity contribution < 1.29 is 28.5 Å². The van der Waals surface area contributed by atoms with Gasteiger partial charge in [0.25, 0.3) is 0 Å². The molecule has 0 bridgehead atoms. The van der Waals surface area contributed by atoms with E-state index in [2.05, 4.69) is 0 Å². The minimum Gasteiger partial charge on any atom is -0.497 e. The quantitative estimate of drug-likeness (QED) is 0.656. The van der Waals surface area contributed by atoms with E-state index in [0.29, 0.717) is 12.2 Å². The number of hydrogen-bond acceptors (Lipinski definition) is 6. The van der Waals surface area contributed by atoms with Crippen LogP contribution in [0.4, 0.5) is 0 Å². The molecule has 2 aromatic rings. The van der Waals surface area contributed by atoms with E-state index in [-0.39, 0.29) is 11.9 Å². The summed E-state index contributed by atoms with van der Waals surface area (Å²) in [5.41, 5.74) is 0.714. The van der Waals surface area contributed by atoms with Crippen molar-refractivity contribution >= 4 is 5.78 Å². The monoisotopic (exact) mass is 392 g/mol. The van der Waals surface area contributed by atoms with E-state index in [1.54, 1.807) is 66.7 Å². The van der Waals surface area contributed by atoms with E-state index in [9.17, 15) is 4.79 Å². The Hall–Kier alpha value is -2.57. The Kier molecular flexibility index (Phi) is 14.1. The van der Waals surface area contributed by atoms with Gasteiger partial charge in [0.1, 0.15) is 17.2 Å². The summed E-state index contributed by atoms with van der Waals surface area (Å²) in [6.07, 6.45) is 0.227. The van der Waals surface area contributed by atoms with Crippen molar-refractivity contribution in [2.24, 2.45) is 0 Å². The lowest BCUT2D eigenvalue weighted by Crippen LogP contribution is -2.11. The average Bonchev–Trinajstić information content (AvgIpc) is 2.74. The highest BCUT2D eigenvalue weighted by molar-refractivity contribution is 5.94. The third-order valence-corrected chi connectivity index (χ3v) is 3.60. The van der Waals surface area contributed by atoms with Gasteiger partial charge in [0.05, 0.1) is 34.0 Å². The topological polar surface area (TPSA) is 63.2 Å². The van der Waals surface area contributed by atoms with Crippen LogP contribution in [-0.2, 0) is 9.47 Å². The molecule has 0 saturated heterocycles. The van der Waals surface area contributed by atoms with Crippen LogP contribution < -0.4 is 14.2 Å². The molecule has 156 valence electrons.